The lowest BCUT2D eigenvalue weighted by molar-refractivity contribution is -0.123. The molecule has 1 amide bonds. The number of aryl methyl sites for hydroxylation is 2. The highest BCUT2D eigenvalue weighted by molar-refractivity contribution is 7.89. The average Bonchev–Trinajstić information content (AvgIpc) is 2.60. The molecule has 0 aliphatic carbocycles. The maximum absolute atomic E-state index is 12.2. The fraction of sp³-hybridized carbons (Fsp3) is 0.278. The van der Waals surface area contributed by atoms with Gasteiger partial charge in [0.25, 0.3) is 15.9 Å². The molecule has 0 fully saturated rings. The van der Waals surface area contributed by atoms with Gasteiger partial charge in [0.15, 0.2) is 6.61 Å². The smallest absolute Gasteiger partial charge is 0.272 e. The molecule has 2 aromatic carbocycles. The minimum absolute atomic E-state index is 0.0760. The predicted octanol–water partition coefficient (Wildman–Crippen LogP) is 2.99. The minimum Gasteiger partial charge on any atom is -0.483 e. The first-order valence-corrected chi connectivity index (χ1v) is 9.96. The summed E-state index contributed by atoms with van der Waals surface area (Å²) in [5, 5.41) is 0.567. The molecule has 2 rings (SSSR count). The Hall–Kier alpha value is -2.09. The van der Waals surface area contributed by atoms with Crippen LogP contribution in [0.1, 0.15) is 24.5 Å². The molecule has 2 N–H and O–H groups in total. The van der Waals surface area contributed by atoms with Crippen LogP contribution in [0, 0.1) is 6.92 Å². The lowest BCUT2D eigenvalue weighted by atomic mass is 10.1. The van der Waals surface area contributed by atoms with Gasteiger partial charge < -0.3 is 4.74 Å². The van der Waals surface area contributed by atoms with Crippen LogP contribution in [0.3, 0.4) is 0 Å². The highest BCUT2D eigenvalue weighted by atomic mass is 35.5. The zero-order valence-electron chi connectivity index (χ0n) is 14.6. The van der Waals surface area contributed by atoms with Crippen LogP contribution in [0.15, 0.2) is 47.4 Å². The summed E-state index contributed by atoms with van der Waals surface area (Å²) in [7, 11) is -3.84. The van der Waals surface area contributed by atoms with Gasteiger partial charge in [-0.25, -0.2) is 8.42 Å². The first kappa shape index (κ1) is 20.2. The number of amides is 1. The summed E-state index contributed by atoms with van der Waals surface area (Å²) in [6.07, 6.45) is 1.86. The molecule has 8 heteroatoms. The van der Waals surface area contributed by atoms with Gasteiger partial charge in [-0.3, -0.25) is 10.2 Å². The number of hydrogen-bond donors (Lipinski definition) is 2. The number of rotatable bonds is 8. The molecule has 0 atom stereocenters. The highest BCUT2D eigenvalue weighted by Gasteiger charge is 2.15. The molecule has 0 radical (unpaired) electrons. The maximum atomic E-state index is 12.2. The highest BCUT2D eigenvalue weighted by Crippen LogP contribution is 2.21. The van der Waals surface area contributed by atoms with E-state index in [0.29, 0.717) is 10.8 Å². The van der Waals surface area contributed by atoms with Crippen LogP contribution in [0.25, 0.3) is 0 Å². The first-order chi connectivity index (χ1) is 12.3. The van der Waals surface area contributed by atoms with Gasteiger partial charge in [-0.15, -0.1) is 4.83 Å². The second-order valence-corrected chi connectivity index (χ2v) is 7.86. The monoisotopic (exact) mass is 396 g/mol. The average molecular weight is 397 g/mol. The largest absolute Gasteiger partial charge is 0.483 e. The number of carbonyl (C=O) groups excluding carboxylic acids is 1. The molecule has 0 heterocycles. The molecular formula is C18H21ClN2O4S. The number of nitrogens with one attached hydrogen (secondary N) is 2. The van der Waals surface area contributed by atoms with Crippen molar-refractivity contribution in [3.63, 3.8) is 0 Å². The van der Waals surface area contributed by atoms with Gasteiger partial charge in [-0.05, 0) is 54.8 Å². The van der Waals surface area contributed by atoms with Crippen LogP contribution in [0.2, 0.25) is 5.02 Å². The Balaban J connectivity index is 1.89. The third-order valence-corrected chi connectivity index (χ3v) is 5.09. The van der Waals surface area contributed by atoms with Crippen molar-refractivity contribution >= 4 is 27.5 Å². The summed E-state index contributed by atoms with van der Waals surface area (Å²) >= 11 is 5.85. The van der Waals surface area contributed by atoms with E-state index >= 15 is 0 Å². The second kappa shape index (κ2) is 9.02. The number of halogens is 1. The molecule has 0 unspecified atom stereocenters. The standard InChI is InChI=1S/C18H21ClN2O4S/c1-3-4-14-5-8-16(9-6-14)26(23,24)21-20-18(22)12-25-17-10-7-15(19)11-13(17)2/h5-11,21H,3-4,12H2,1-2H3,(H,20,22). The quantitative estimate of drug-likeness (QED) is 0.672. The molecule has 0 bridgehead atoms. The van der Waals surface area contributed by atoms with Gasteiger partial charge in [0, 0.05) is 5.02 Å². The lowest BCUT2D eigenvalue weighted by Crippen LogP contribution is -2.43. The second-order valence-electron chi connectivity index (χ2n) is 5.75. The predicted molar refractivity (Wildman–Crippen MR) is 101 cm³/mol. The van der Waals surface area contributed by atoms with E-state index in [1.165, 1.54) is 12.1 Å². The fourth-order valence-corrected chi connectivity index (χ4v) is 3.35. The third-order valence-electron chi connectivity index (χ3n) is 3.59. The summed E-state index contributed by atoms with van der Waals surface area (Å²) < 4.78 is 29.7. The molecule has 26 heavy (non-hydrogen) atoms. The summed E-state index contributed by atoms with van der Waals surface area (Å²) in [6.45, 7) is 3.51. The number of sulfonamides is 1. The Kier molecular flexibility index (Phi) is 7.02. The third kappa shape index (κ3) is 5.72. The van der Waals surface area contributed by atoms with Crippen molar-refractivity contribution in [1.29, 1.82) is 0 Å². The molecule has 0 aliphatic heterocycles. The molecule has 0 aromatic heterocycles. The van der Waals surface area contributed by atoms with E-state index in [2.05, 4.69) is 17.2 Å². The van der Waals surface area contributed by atoms with Crippen LogP contribution >= 0.6 is 11.6 Å². The zero-order valence-corrected chi connectivity index (χ0v) is 16.2. The molecule has 0 saturated carbocycles. The normalized spacial score (nSPS) is 11.2. The number of ether oxygens (including phenoxy) is 1. The summed E-state index contributed by atoms with van der Waals surface area (Å²) in [6, 6.07) is 11.5. The number of hydrazine groups is 1. The molecule has 0 spiro atoms. The van der Waals surface area contributed by atoms with E-state index in [1.54, 1.807) is 37.3 Å². The lowest BCUT2D eigenvalue weighted by Gasteiger charge is -2.11. The van der Waals surface area contributed by atoms with Gasteiger partial charge in [0.05, 0.1) is 4.90 Å². The number of benzene rings is 2. The van der Waals surface area contributed by atoms with Gasteiger partial charge in [-0.1, -0.05) is 37.1 Å². The molecular weight excluding hydrogens is 376 g/mol. The van der Waals surface area contributed by atoms with Crippen LogP contribution < -0.4 is 15.0 Å². The van der Waals surface area contributed by atoms with E-state index in [4.69, 9.17) is 16.3 Å². The van der Waals surface area contributed by atoms with Gasteiger partial charge >= 0.3 is 0 Å². The van der Waals surface area contributed by atoms with Crippen molar-refractivity contribution in [3.05, 3.63) is 58.6 Å². The van der Waals surface area contributed by atoms with E-state index < -0.39 is 15.9 Å². The van der Waals surface area contributed by atoms with E-state index in [-0.39, 0.29) is 11.5 Å². The van der Waals surface area contributed by atoms with Crippen molar-refractivity contribution < 1.29 is 17.9 Å². The Labute approximate surface area is 158 Å². The summed E-state index contributed by atoms with van der Waals surface area (Å²) in [5.41, 5.74) is 3.97. The van der Waals surface area contributed by atoms with E-state index in [0.717, 1.165) is 24.0 Å². The summed E-state index contributed by atoms with van der Waals surface area (Å²) in [5.74, 6) is -0.121. The van der Waals surface area contributed by atoms with Crippen molar-refractivity contribution in [2.45, 2.75) is 31.6 Å². The molecule has 0 saturated heterocycles. The minimum atomic E-state index is -3.84. The number of hydrogen-bond acceptors (Lipinski definition) is 4. The SMILES string of the molecule is CCCc1ccc(S(=O)(=O)NNC(=O)COc2ccc(Cl)cc2C)cc1. The van der Waals surface area contributed by atoms with Crippen molar-refractivity contribution in [3.8, 4) is 5.75 Å². The molecule has 2 aromatic rings. The van der Waals surface area contributed by atoms with Crippen LogP contribution in [0.5, 0.6) is 5.75 Å². The maximum Gasteiger partial charge on any atom is 0.272 e. The van der Waals surface area contributed by atoms with Gasteiger partial charge in [0.1, 0.15) is 5.75 Å². The van der Waals surface area contributed by atoms with Crippen LogP contribution in [-0.4, -0.2) is 20.9 Å². The zero-order chi connectivity index (χ0) is 19.2. The Bertz CT molecular complexity index is 867. The molecule has 140 valence electrons. The van der Waals surface area contributed by atoms with Crippen LogP contribution in [-0.2, 0) is 21.2 Å². The van der Waals surface area contributed by atoms with Crippen molar-refractivity contribution in [1.82, 2.24) is 10.3 Å². The number of carbonyl (C=O) groups is 1. The Morgan fingerprint density at radius 3 is 2.46 bits per heavy atom. The summed E-state index contributed by atoms with van der Waals surface area (Å²) in [4.78, 5) is 14.0. The molecule has 6 nitrogen and oxygen atoms in total. The van der Waals surface area contributed by atoms with Crippen LogP contribution in [0.4, 0.5) is 0 Å². The first-order valence-electron chi connectivity index (χ1n) is 8.10. The van der Waals surface area contributed by atoms with Gasteiger partial charge in [0.2, 0.25) is 0 Å². The Morgan fingerprint density at radius 1 is 1.15 bits per heavy atom. The van der Waals surface area contributed by atoms with Crippen molar-refractivity contribution in [2.24, 2.45) is 0 Å². The van der Waals surface area contributed by atoms with E-state index in [1.807, 2.05) is 0 Å². The topological polar surface area (TPSA) is 84.5 Å². The molecule has 0 aliphatic rings. The Morgan fingerprint density at radius 2 is 1.85 bits per heavy atom. The fourth-order valence-electron chi connectivity index (χ4n) is 2.26. The van der Waals surface area contributed by atoms with Gasteiger partial charge in [-0.2, -0.15) is 0 Å². The van der Waals surface area contributed by atoms with E-state index in [9.17, 15) is 13.2 Å². The van der Waals surface area contributed by atoms with Crippen molar-refractivity contribution in [2.75, 3.05) is 6.61 Å².